The molecule has 0 unspecified atom stereocenters. The molecule has 22 heavy (non-hydrogen) atoms. The molecule has 0 bridgehead atoms. The summed E-state index contributed by atoms with van der Waals surface area (Å²) in [4.78, 5) is 0. The van der Waals surface area contributed by atoms with Crippen molar-refractivity contribution in [2.24, 2.45) is 0 Å². The summed E-state index contributed by atoms with van der Waals surface area (Å²) in [6.07, 6.45) is 3.51. The van der Waals surface area contributed by atoms with Gasteiger partial charge in [-0.05, 0) is 43.0 Å². The van der Waals surface area contributed by atoms with Gasteiger partial charge in [-0.1, -0.05) is 48.5 Å². The predicted octanol–water partition coefficient (Wildman–Crippen LogP) is 3.92. The molecule has 0 saturated carbocycles. The van der Waals surface area contributed by atoms with Crippen LogP contribution in [0.15, 0.2) is 54.6 Å². The highest BCUT2D eigenvalue weighted by Gasteiger charge is 2.18. The molecule has 2 nitrogen and oxygen atoms in total. The van der Waals surface area contributed by atoms with Crippen molar-refractivity contribution in [3.05, 3.63) is 71.4 Å². The standard InChI is InChI=1S/C20H22N2/c1-2-7-16(8-3-1)12-14-22-19-10-5-4-9-17(19)18-15-21-13-6-11-20(18)22/h1-5,7-10,21H,6,11-15H2. The third-order valence-electron chi connectivity index (χ3n) is 4.73. The van der Waals surface area contributed by atoms with Gasteiger partial charge in [0.25, 0.3) is 0 Å². The molecule has 4 rings (SSSR count). The van der Waals surface area contributed by atoms with Crippen LogP contribution in [-0.4, -0.2) is 11.1 Å². The first-order chi connectivity index (χ1) is 10.9. The first kappa shape index (κ1) is 13.6. The summed E-state index contributed by atoms with van der Waals surface area (Å²) in [5, 5.41) is 5.00. The van der Waals surface area contributed by atoms with Crippen molar-refractivity contribution in [1.82, 2.24) is 9.88 Å². The highest BCUT2D eigenvalue weighted by atomic mass is 15.0. The second-order valence-electron chi connectivity index (χ2n) is 6.11. The minimum absolute atomic E-state index is 1.01. The summed E-state index contributed by atoms with van der Waals surface area (Å²) in [6, 6.07) is 19.7. The molecular formula is C20H22N2. The van der Waals surface area contributed by atoms with Crippen molar-refractivity contribution < 1.29 is 0 Å². The summed E-state index contributed by atoms with van der Waals surface area (Å²) in [7, 11) is 0. The number of aryl methyl sites for hydroxylation is 2. The fourth-order valence-corrected chi connectivity index (χ4v) is 3.65. The molecule has 2 heteroatoms. The number of rotatable bonds is 3. The molecule has 2 heterocycles. The van der Waals surface area contributed by atoms with E-state index in [-0.39, 0.29) is 0 Å². The van der Waals surface area contributed by atoms with E-state index >= 15 is 0 Å². The van der Waals surface area contributed by atoms with Crippen molar-refractivity contribution >= 4 is 10.9 Å². The second-order valence-corrected chi connectivity index (χ2v) is 6.11. The minimum Gasteiger partial charge on any atom is -0.344 e. The highest BCUT2D eigenvalue weighted by molar-refractivity contribution is 5.85. The number of hydrogen-bond donors (Lipinski definition) is 1. The van der Waals surface area contributed by atoms with Crippen molar-refractivity contribution in [3.63, 3.8) is 0 Å². The number of nitrogens with one attached hydrogen (secondary N) is 1. The average molecular weight is 290 g/mol. The predicted molar refractivity (Wildman–Crippen MR) is 92.1 cm³/mol. The molecule has 0 atom stereocenters. The number of nitrogens with zero attached hydrogens (tertiary/aromatic N) is 1. The Morgan fingerprint density at radius 2 is 1.77 bits per heavy atom. The van der Waals surface area contributed by atoms with E-state index in [1.165, 1.54) is 34.9 Å². The zero-order valence-electron chi connectivity index (χ0n) is 12.9. The maximum atomic E-state index is 3.57. The Hall–Kier alpha value is -2.06. The van der Waals surface area contributed by atoms with Gasteiger partial charge >= 0.3 is 0 Å². The molecular weight excluding hydrogens is 268 g/mol. The van der Waals surface area contributed by atoms with Crippen LogP contribution in [0.2, 0.25) is 0 Å². The molecule has 0 spiro atoms. The van der Waals surface area contributed by atoms with Crippen LogP contribution >= 0.6 is 0 Å². The number of hydrogen-bond acceptors (Lipinski definition) is 1. The van der Waals surface area contributed by atoms with Crippen LogP contribution in [-0.2, 0) is 25.9 Å². The summed E-state index contributed by atoms with van der Waals surface area (Å²) < 4.78 is 2.56. The number of fused-ring (bicyclic) bond motifs is 3. The fraction of sp³-hybridized carbons (Fsp3) is 0.300. The molecule has 0 radical (unpaired) electrons. The Morgan fingerprint density at radius 3 is 2.68 bits per heavy atom. The number of benzene rings is 2. The van der Waals surface area contributed by atoms with E-state index in [2.05, 4.69) is 64.5 Å². The van der Waals surface area contributed by atoms with Gasteiger partial charge in [0.2, 0.25) is 0 Å². The first-order valence-corrected chi connectivity index (χ1v) is 8.27. The molecule has 112 valence electrons. The van der Waals surface area contributed by atoms with E-state index in [1.807, 2.05) is 0 Å². The van der Waals surface area contributed by atoms with Gasteiger partial charge in [-0.3, -0.25) is 0 Å². The topological polar surface area (TPSA) is 17.0 Å². The lowest BCUT2D eigenvalue weighted by molar-refractivity contribution is 0.656. The van der Waals surface area contributed by atoms with E-state index in [9.17, 15) is 0 Å². The van der Waals surface area contributed by atoms with Crippen molar-refractivity contribution in [1.29, 1.82) is 0 Å². The highest BCUT2D eigenvalue weighted by Crippen LogP contribution is 2.28. The zero-order chi connectivity index (χ0) is 14.8. The largest absolute Gasteiger partial charge is 0.344 e. The van der Waals surface area contributed by atoms with E-state index in [1.54, 1.807) is 5.69 Å². The molecule has 1 aromatic heterocycles. The van der Waals surface area contributed by atoms with Crippen LogP contribution in [0.5, 0.6) is 0 Å². The molecule has 0 amide bonds. The smallest absolute Gasteiger partial charge is 0.0485 e. The maximum Gasteiger partial charge on any atom is 0.0485 e. The van der Waals surface area contributed by atoms with Crippen molar-refractivity contribution in [2.75, 3.05) is 6.54 Å². The molecule has 1 aliphatic rings. The van der Waals surface area contributed by atoms with Gasteiger partial charge in [-0.15, -0.1) is 0 Å². The third kappa shape index (κ3) is 2.44. The Bertz CT molecular complexity index is 771. The Morgan fingerprint density at radius 1 is 0.955 bits per heavy atom. The summed E-state index contributed by atoms with van der Waals surface area (Å²) in [6.45, 7) is 3.20. The molecule has 2 aromatic carbocycles. The summed E-state index contributed by atoms with van der Waals surface area (Å²) in [5.74, 6) is 0. The Kier molecular flexibility index (Phi) is 3.69. The van der Waals surface area contributed by atoms with Gasteiger partial charge in [-0.25, -0.2) is 0 Å². The molecule has 1 aliphatic heterocycles. The molecule has 1 N–H and O–H groups in total. The number of para-hydroxylation sites is 1. The Labute approximate surface area is 131 Å². The molecule has 0 aliphatic carbocycles. The number of aromatic nitrogens is 1. The third-order valence-corrected chi connectivity index (χ3v) is 4.73. The molecule has 0 fully saturated rings. The summed E-state index contributed by atoms with van der Waals surface area (Å²) in [5.41, 5.74) is 5.87. The summed E-state index contributed by atoms with van der Waals surface area (Å²) >= 11 is 0. The van der Waals surface area contributed by atoms with E-state index in [0.29, 0.717) is 0 Å². The normalized spacial score (nSPS) is 14.7. The van der Waals surface area contributed by atoms with Gasteiger partial charge in [-0.2, -0.15) is 0 Å². The minimum atomic E-state index is 1.01. The SMILES string of the molecule is c1ccc(CCn2c3c(c4ccccc42)CNCCC3)cc1. The van der Waals surface area contributed by atoms with E-state index < -0.39 is 0 Å². The van der Waals surface area contributed by atoms with Gasteiger partial charge in [0.15, 0.2) is 0 Å². The van der Waals surface area contributed by atoms with Crippen LogP contribution in [0.1, 0.15) is 23.2 Å². The zero-order valence-corrected chi connectivity index (χ0v) is 12.9. The maximum absolute atomic E-state index is 3.57. The van der Waals surface area contributed by atoms with E-state index in [4.69, 9.17) is 0 Å². The van der Waals surface area contributed by atoms with Gasteiger partial charge in [0.1, 0.15) is 0 Å². The molecule has 0 saturated heterocycles. The lowest BCUT2D eigenvalue weighted by Crippen LogP contribution is -2.11. The lowest BCUT2D eigenvalue weighted by Gasteiger charge is -2.11. The monoisotopic (exact) mass is 290 g/mol. The van der Waals surface area contributed by atoms with Gasteiger partial charge < -0.3 is 9.88 Å². The second kappa shape index (κ2) is 5.98. The Balaban J connectivity index is 1.74. The van der Waals surface area contributed by atoms with Crippen molar-refractivity contribution in [2.45, 2.75) is 32.4 Å². The van der Waals surface area contributed by atoms with Crippen LogP contribution in [0.25, 0.3) is 10.9 Å². The van der Waals surface area contributed by atoms with Crippen LogP contribution in [0.3, 0.4) is 0 Å². The average Bonchev–Trinajstić information content (AvgIpc) is 2.73. The fourth-order valence-electron chi connectivity index (χ4n) is 3.65. The quantitative estimate of drug-likeness (QED) is 0.773. The van der Waals surface area contributed by atoms with Crippen LogP contribution < -0.4 is 5.32 Å². The molecule has 3 aromatic rings. The lowest BCUT2D eigenvalue weighted by atomic mass is 10.1. The van der Waals surface area contributed by atoms with E-state index in [0.717, 1.165) is 26.1 Å². The first-order valence-electron chi connectivity index (χ1n) is 8.27. The van der Waals surface area contributed by atoms with Gasteiger partial charge in [0, 0.05) is 29.7 Å². The van der Waals surface area contributed by atoms with Gasteiger partial charge in [0.05, 0.1) is 0 Å². The van der Waals surface area contributed by atoms with Crippen molar-refractivity contribution in [3.8, 4) is 0 Å². The van der Waals surface area contributed by atoms with Crippen LogP contribution in [0.4, 0.5) is 0 Å². The van der Waals surface area contributed by atoms with Crippen LogP contribution in [0, 0.1) is 0 Å².